The molecule has 0 radical (unpaired) electrons. The number of piperidine rings is 1. The molecule has 3 heterocycles. The average Bonchev–Trinajstić information content (AvgIpc) is 2.99. The first kappa shape index (κ1) is 16.0. The fourth-order valence-corrected chi connectivity index (χ4v) is 4.14. The lowest BCUT2D eigenvalue weighted by atomic mass is 9.83. The molecule has 0 unspecified atom stereocenters. The molecule has 1 amide bonds. The van der Waals surface area contributed by atoms with Gasteiger partial charge in [-0.15, -0.1) is 0 Å². The smallest absolute Gasteiger partial charge is 0.339 e. The molecule has 0 N–H and O–H groups in total. The van der Waals surface area contributed by atoms with Gasteiger partial charge in [-0.2, -0.15) is 0 Å². The van der Waals surface area contributed by atoms with Crippen LogP contribution in [0.25, 0.3) is 10.9 Å². The van der Waals surface area contributed by atoms with Crippen LogP contribution in [0.5, 0.6) is 0 Å². The van der Waals surface area contributed by atoms with E-state index in [0.29, 0.717) is 37.2 Å². The maximum absolute atomic E-state index is 12.9. The number of pyridine rings is 1. The number of aromatic nitrogens is 1. The van der Waals surface area contributed by atoms with Crippen molar-refractivity contribution < 1.29 is 14.3 Å². The lowest BCUT2D eigenvalue weighted by Crippen LogP contribution is -2.45. The largest absolute Gasteiger partial charge is 0.450 e. The van der Waals surface area contributed by atoms with E-state index in [2.05, 4.69) is 4.98 Å². The van der Waals surface area contributed by atoms with Gasteiger partial charge in [0, 0.05) is 36.9 Å². The summed E-state index contributed by atoms with van der Waals surface area (Å²) in [6, 6.07) is 19.0. The summed E-state index contributed by atoms with van der Waals surface area (Å²) in [5.74, 6) is -0.338. The molecule has 2 aliphatic rings. The molecule has 5 rings (SSSR count). The summed E-state index contributed by atoms with van der Waals surface area (Å²) in [6.07, 6.45) is 1.21. The Bertz CT molecular complexity index is 1070. The predicted octanol–water partition coefficient (Wildman–Crippen LogP) is 3.54. The van der Waals surface area contributed by atoms with Crippen LogP contribution in [-0.4, -0.2) is 34.8 Å². The quantitative estimate of drug-likeness (QED) is 0.625. The molecule has 1 spiro atoms. The van der Waals surface area contributed by atoms with E-state index in [9.17, 15) is 9.59 Å². The third kappa shape index (κ3) is 2.50. The highest BCUT2D eigenvalue weighted by molar-refractivity contribution is 5.96. The number of fused-ring (bicyclic) bond motifs is 3. The molecular formula is C22H18N2O3. The van der Waals surface area contributed by atoms with Crippen molar-refractivity contribution in [2.45, 2.75) is 18.4 Å². The highest BCUT2D eigenvalue weighted by atomic mass is 16.6. The number of rotatable bonds is 1. The molecule has 2 aliphatic heterocycles. The van der Waals surface area contributed by atoms with Gasteiger partial charge in [0.15, 0.2) is 0 Å². The van der Waals surface area contributed by atoms with Gasteiger partial charge in [0.25, 0.3) is 5.91 Å². The standard InChI is InChI=1S/C22H18N2O3/c25-20(19-10-9-15-5-1-4-8-18(15)23-19)24-13-11-22(12-14-24)17-7-3-2-6-16(17)21(26)27-22/h1-10H,11-14H2. The second-order valence-corrected chi connectivity index (χ2v) is 7.11. The Kier molecular flexibility index (Phi) is 3.50. The van der Waals surface area contributed by atoms with Crippen LogP contribution in [0, 0.1) is 0 Å². The van der Waals surface area contributed by atoms with Crippen molar-refractivity contribution in [2.75, 3.05) is 13.1 Å². The van der Waals surface area contributed by atoms with Crippen molar-refractivity contribution >= 4 is 22.8 Å². The van der Waals surface area contributed by atoms with E-state index in [-0.39, 0.29) is 11.9 Å². The summed E-state index contributed by atoms with van der Waals surface area (Å²) < 4.78 is 5.76. The maximum Gasteiger partial charge on any atom is 0.339 e. The van der Waals surface area contributed by atoms with E-state index in [1.165, 1.54) is 0 Å². The van der Waals surface area contributed by atoms with Crippen LogP contribution in [-0.2, 0) is 10.3 Å². The first-order valence-electron chi connectivity index (χ1n) is 9.14. The first-order chi connectivity index (χ1) is 13.2. The molecule has 1 aromatic heterocycles. The van der Waals surface area contributed by atoms with E-state index in [0.717, 1.165) is 16.5 Å². The second kappa shape index (κ2) is 5.91. The number of para-hydroxylation sites is 1. The molecule has 0 atom stereocenters. The van der Waals surface area contributed by atoms with E-state index < -0.39 is 5.60 Å². The first-order valence-corrected chi connectivity index (χ1v) is 9.14. The molecule has 0 saturated carbocycles. The Hall–Kier alpha value is -3.21. The molecule has 1 fully saturated rings. The Labute approximate surface area is 156 Å². The normalized spacial score (nSPS) is 17.8. The van der Waals surface area contributed by atoms with Gasteiger partial charge in [-0.05, 0) is 18.2 Å². The molecule has 0 bridgehead atoms. The SMILES string of the molecule is O=C1OC2(CCN(C(=O)c3ccc4ccccc4n3)CC2)c2ccccc21. The van der Waals surface area contributed by atoms with Gasteiger partial charge < -0.3 is 9.64 Å². The van der Waals surface area contributed by atoms with Gasteiger partial charge in [0.05, 0.1) is 11.1 Å². The summed E-state index contributed by atoms with van der Waals surface area (Å²) in [5.41, 5.74) is 2.27. The minimum absolute atomic E-state index is 0.0757. The van der Waals surface area contributed by atoms with Crippen molar-refractivity contribution in [3.63, 3.8) is 0 Å². The molecule has 134 valence electrons. The van der Waals surface area contributed by atoms with Crippen LogP contribution >= 0.6 is 0 Å². The van der Waals surface area contributed by atoms with Crippen LogP contribution in [0.4, 0.5) is 0 Å². The lowest BCUT2D eigenvalue weighted by Gasteiger charge is -2.38. The maximum atomic E-state index is 12.9. The number of amides is 1. The molecule has 2 aromatic carbocycles. The zero-order chi connectivity index (χ0) is 18.4. The van der Waals surface area contributed by atoms with Gasteiger partial charge in [-0.25, -0.2) is 9.78 Å². The van der Waals surface area contributed by atoms with Gasteiger partial charge in [-0.1, -0.05) is 42.5 Å². The highest BCUT2D eigenvalue weighted by Crippen LogP contribution is 2.44. The fraction of sp³-hybridized carbons (Fsp3) is 0.227. The van der Waals surface area contributed by atoms with Crippen LogP contribution in [0.1, 0.15) is 39.3 Å². The number of likely N-dealkylation sites (tertiary alicyclic amines) is 1. The van der Waals surface area contributed by atoms with E-state index >= 15 is 0 Å². The third-order valence-electron chi connectivity index (χ3n) is 5.60. The number of hydrogen-bond donors (Lipinski definition) is 0. The molecule has 5 heteroatoms. The van der Waals surface area contributed by atoms with Gasteiger partial charge in [0.2, 0.25) is 0 Å². The minimum atomic E-state index is -0.596. The topological polar surface area (TPSA) is 59.5 Å². The Morgan fingerprint density at radius 1 is 0.963 bits per heavy atom. The monoisotopic (exact) mass is 358 g/mol. The van der Waals surface area contributed by atoms with Crippen molar-refractivity contribution in [2.24, 2.45) is 0 Å². The Morgan fingerprint density at radius 2 is 1.70 bits per heavy atom. The van der Waals surface area contributed by atoms with Crippen LogP contribution in [0.3, 0.4) is 0 Å². The minimum Gasteiger partial charge on any atom is -0.450 e. The highest BCUT2D eigenvalue weighted by Gasteiger charge is 2.47. The Morgan fingerprint density at radius 3 is 2.56 bits per heavy atom. The third-order valence-corrected chi connectivity index (χ3v) is 5.60. The fourth-order valence-electron chi connectivity index (χ4n) is 4.14. The Balaban J connectivity index is 1.37. The van der Waals surface area contributed by atoms with Crippen molar-refractivity contribution in [1.29, 1.82) is 0 Å². The van der Waals surface area contributed by atoms with Crippen molar-refractivity contribution in [3.8, 4) is 0 Å². The van der Waals surface area contributed by atoms with Crippen LogP contribution in [0.2, 0.25) is 0 Å². The number of benzene rings is 2. The number of nitrogens with zero attached hydrogens (tertiary/aromatic N) is 2. The summed E-state index contributed by atoms with van der Waals surface area (Å²) in [5, 5.41) is 1.01. The molecule has 27 heavy (non-hydrogen) atoms. The second-order valence-electron chi connectivity index (χ2n) is 7.11. The predicted molar refractivity (Wildman–Crippen MR) is 100 cm³/mol. The molecule has 1 saturated heterocycles. The van der Waals surface area contributed by atoms with E-state index in [4.69, 9.17) is 4.74 Å². The molecule has 0 aliphatic carbocycles. The summed E-state index contributed by atoms with van der Waals surface area (Å²) >= 11 is 0. The summed E-state index contributed by atoms with van der Waals surface area (Å²) in [7, 11) is 0. The van der Waals surface area contributed by atoms with Crippen LogP contribution in [0.15, 0.2) is 60.7 Å². The number of carbonyl (C=O) groups is 2. The zero-order valence-corrected chi connectivity index (χ0v) is 14.7. The summed E-state index contributed by atoms with van der Waals surface area (Å²) in [4.78, 5) is 31.4. The molecule has 5 nitrogen and oxygen atoms in total. The average molecular weight is 358 g/mol. The van der Waals surface area contributed by atoms with Gasteiger partial charge in [-0.3, -0.25) is 4.79 Å². The van der Waals surface area contributed by atoms with Crippen molar-refractivity contribution in [1.82, 2.24) is 9.88 Å². The molecule has 3 aromatic rings. The van der Waals surface area contributed by atoms with Crippen molar-refractivity contribution in [3.05, 3.63) is 77.5 Å². The number of esters is 1. The van der Waals surface area contributed by atoms with E-state index in [1.54, 1.807) is 11.0 Å². The van der Waals surface area contributed by atoms with Crippen LogP contribution < -0.4 is 0 Å². The number of carbonyl (C=O) groups excluding carboxylic acids is 2. The number of hydrogen-bond acceptors (Lipinski definition) is 4. The van der Waals surface area contributed by atoms with Gasteiger partial charge in [0.1, 0.15) is 11.3 Å². The zero-order valence-electron chi connectivity index (χ0n) is 14.7. The van der Waals surface area contributed by atoms with E-state index in [1.807, 2.05) is 54.6 Å². The van der Waals surface area contributed by atoms with Gasteiger partial charge >= 0.3 is 5.97 Å². The lowest BCUT2D eigenvalue weighted by molar-refractivity contribution is -0.0390. The summed E-state index contributed by atoms with van der Waals surface area (Å²) in [6.45, 7) is 1.07. The number of ether oxygens (including phenoxy) is 1. The molecular weight excluding hydrogens is 340 g/mol.